The minimum atomic E-state index is -0.155. The van der Waals surface area contributed by atoms with Gasteiger partial charge in [0, 0.05) is 11.8 Å². The molecule has 0 atom stereocenters. The molecule has 21 heavy (non-hydrogen) atoms. The Kier molecular flexibility index (Phi) is 3.79. The third kappa shape index (κ3) is 3.00. The summed E-state index contributed by atoms with van der Waals surface area (Å²) < 4.78 is 5.35. The van der Waals surface area contributed by atoms with Gasteiger partial charge in [0.05, 0.1) is 5.56 Å². The Hall–Kier alpha value is -2.47. The first-order valence-corrected chi connectivity index (χ1v) is 7.32. The number of aromatic hydroxyl groups is 1. The van der Waals surface area contributed by atoms with Crippen LogP contribution >= 0.6 is 11.3 Å². The van der Waals surface area contributed by atoms with Gasteiger partial charge in [-0.25, -0.2) is 4.99 Å². The van der Waals surface area contributed by atoms with Crippen LogP contribution in [-0.4, -0.2) is 21.5 Å². The highest BCUT2D eigenvalue weighted by Gasteiger charge is 2.10. The van der Waals surface area contributed by atoms with E-state index >= 15 is 0 Å². The molecule has 1 N–H and O–H groups in total. The second-order valence-corrected chi connectivity index (χ2v) is 5.37. The first-order valence-electron chi connectivity index (χ1n) is 6.51. The molecule has 0 radical (unpaired) electrons. The highest BCUT2D eigenvalue weighted by molar-refractivity contribution is 7.14. The third-order valence-electron chi connectivity index (χ3n) is 2.87. The summed E-state index contributed by atoms with van der Waals surface area (Å²) in [6.45, 7) is 2.02. The summed E-state index contributed by atoms with van der Waals surface area (Å²) in [5, 5.41) is 19.3. The van der Waals surface area contributed by atoms with Gasteiger partial charge in [-0.2, -0.15) is 0 Å². The number of aliphatic imine (C=N–C) groups is 1. The van der Waals surface area contributed by atoms with Gasteiger partial charge in [-0.3, -0.25) is 0 Å². The van der Waals surface area contributed by atoms with Crippen LogP contribution in [0.25, 0.3) is 11.3 Å². The maximum Gasteiger partial charge on any atom is 0.291 e. The number of nitrogens with zero attached hydrogens (tertiary/aromatic N) is 3. The van der Waals surface area contributed by atoms with E-state index in [1.165, 1.54) is 17.6 Å². The van der Waals surface area contributed by atoms with E-state index in [1.807, 2.05) is 37.3 Å². The Labute approximate surface area is 125 Å². The summed E-state index contributed by atoms with van der Waals surface area (Å²) >= 11 is 1.43. The van der Waals surface area contributed by atoms with E-state index in [9.17, 15) is 5.11 Å². The molecule has 3 rings (SSSR count). The van der Waals surface area contributed by atoms with Crippen LogP contribution in [0, 0.1) is 0 Å². The number of hydrogen-bond donors (Lipinski definition) is 1. The van der Waals surface area contributed by atoms with E-state index in [4.69, 9.17) is 4.42 Å². The molecule has 2 heterocycles. The lowest BCUT2D eigenvalue weighted by Crippen LogP contribution is -1.76. The highest BCUT2D eigenvalue weighted by Crippen LogP contribution is 2.29. The average Bonchev–Trinajstić information content (AvgIpc) is 3.12. The lowest BCUT2D eigenvalue weighted by Gasteiger charge is -1.93. The van der Waals surface area contributed by atoms with Crippen LogP contribution in [0.4, 0.5) is 5.13 Å². The Morgan fingerprint density at radius 2 is 2.10 bits per heavy atom. The molecule has 3 aromatic rings. The van der Waals surface area contributed by atoms with Gasteiger partial charge in [-0.05, 0) is 12.5 Å². The quantitative estimate of drug-likeness (QED) is 0.743. The largest absolute Gasteiger partial charge is 0.480 e. The zero-order valence-electron chi connectivity index (χ0n) is 11.4. The van der Waals surface area contributed by atoms with Crippen molar-refractivity contribution in [1.82, 2.24) is 10.2 Å². The molecule has 2 aromatic heterocycles. The Balaban J connectivity index is 1.84. The second-order valence-electron chi connectivity index (χ2n) is 4.33. The molecular weight excluding hydrogens is 286 g/mol. The van der Waals surface area contributed by atoms with Crippen molar-refractivity contribution in [3.05, 3.63) is 47.0 Å². The van der Waals surface area contributed by atoms with Crippen LogP contribution < -0.4 is 0 Å². The molecule has 0 aliphatic rings. The Bertz CT molecular complexity index is 762. The van der Waals surface area contributed by atoms with Crippen LogP contribution in [-0.2, 0) is 6.42 Å². The van der Waals surface area contributed by atoms with Crippen molar-refractivity contribution in [3.8, 4) is 17.3 Å². The first-order chi connectivity index (χ1) is 10.3. The first kappa shape index (κ1) is 13.5. The van der Waals surface area contributed by atoms with E-state index in [0.717, 1.165) is 17.0 Å². The summed E-state index contributed by atoms with van der Waals surface area (Å²) in [5.74, 6) is 0.443. The fourth-order valence-electron chi connectivity index (χ4n) is 1.80. The Morgan fingerprint density at radius 3 is 2.81 bits per heavy atom. The van der Waals surface area contributed by atoms with Gasteiger partial charge in [0.1, 0.15) is 10.8 Å². The molecule has 0 aliphatic heterocycles. The molecule has 0 amide bonds. The summed E-state index contributed by atoms with van der Waals surface area (Å²) in [7, 11) is 0. The molecule has 1 aromatic carbocycles. The Morgan fingerprint density at radius 1 is 1.29 bits per heavy atom. The zero-order chi connectivity index (χ0) is 14.7. The average molecular weight is 299 g/mol. The smallest absolute Gasteiger partial charge is 0.291 e. The maximum absolute atomic E-state index is 9.83. The molecule has 0 bridgehead atoms. The van der Waals surface area contributed by atoms with Crippen molar-refractivity contribution in [2.24, 2.45) is 4.99 Å². The van der Waals surface area contributed by atoms with E-state index in [1.54, 1.807) is 6.07 Å². The summed E-state index contributed by atoms with van der Waals surface area (Å²) in [5.41, 5.74) is 1.42. The normalized spacial score (nSPS) is 11.3. The minimum absolute atomic E-state index is 0.155. The predicted octanol–water partition coefficient (Wildman–Crippen LogP) is 3.82. The third-order valence-corrected chi connectivity index (χ3v) is 3.85. The van der Waals surface area contributed by atoms with Gasteiger partial charge in [-0.15, -0.1) is 10.2 Å². The summed E-state index contributed by atoms with van der Waals surface area (Å²) in [6.07, 6.45) is 2.37. The van der Waals surface area contributed by atoms with E-state index in [0.29, 0.717) is 16.5 Å². The number of benzene rings is 1. The zero-order valence-corrected chi connectivity index (χ0v) is 12.2. The van der Waals surface area contributed by atoms with Crippen LogP contribution in [0.1, 0.15) is 17.5 Å². The van der Waals surface area contributed by atoms with Crippen molar-refractivity contribution in [2.45, 2.75) is 13.3 Å². The fraction of sp³-hybridized carbons (Fsp3) is 0.133. The van der Waals surface area contributed by atoms with Gasteiger partial charge < -0.3 is 9.52 Å². The molecule has 0 saturated carbocycles. The monoisotopic (exact) mass is 299 g/mol. The highest BCUT2D eigenvalue weighted by atomic mass is 32.1. The van der Waals surface area contributed by atoms with Gasteiger partial charge in [0.25, 0.3) is 5.95 Å². The SMILES string of the molecule is CCc1nnc(N=Cc2cc(-c3ccccc3)oc2O)s1. The number of aryl methyl sites for hydroxylation is 1. The minimum Gasteiger partial charge on any atom is -0.480 e. The van der Waals surface area contributed by atoms with E-state index in [2.05, 4.69) is 15.2 Å². The standard InChI is InChI=1S/C15H13N3O2S/c1-2-13-17-18-15(21-13)16-9-11-8-12(20-14(11)19)10-6-4-3-5-7-10/h3-9,19H,2H2,1H3. The van der Waals surface area contributed by atoms with Crippen molar-refractivity contribution < 1.29 is 9.52 Å². The number of rotatable bonds is 4. The fourth-order valence-corrected chi connectivity index (χ4v) is 2.42. The van der Waals surface area contributed by atoms with Gasteiger partial charge in [0.15, 0.2) is 0 Å². The maximum atomic E-state index is 9.83. The molecule has 0 saturated heterocycles. The topological polar surface area (TPSA) is 71.5 Å². The molecule has 6 heteroatoms. The number of furan rings is 1. The van der Waals surface area contributed by atoms with Crippen molar-refractivity contribution in [1.29, 1.82) is 0 Å². The summed E-state index contributed by atoms with van der Waals surface area (Å²) in [6, 6.07) is 11.3. The molecular formula is C15H13N3O2S. The van der Waals surface area contributed by atoms with Gasteiger partial charge in [0.2, 0.25) is 5.13 Å². The lowest BCUT2D eigenvalue weighted by atomic mass is 10.1. The lowest BCUT2D eigenvalue weighted by molar-refractivity contribution is 0.337. The van der Waals surface area contributed by atoms with E-state index < -0.39 is 0 Å². The van der Waals surface area contributed by atoms with Crippen LogP contribution in [0.3, 0.4) is 0 Å². The van der Waals surface area contributed by atoms with Crippen molar-refractivity contribution in [3.63, 3.8) is 0 Å². The molecule has 106 valence electrons. The second kappa shape index (κ2) is 5.88. The van der Waals surface area contributed by atoms with Gasteiger partial charge >= 0.3 is 0 Å². The van der Waals surface area contributed by atoms with Gasteiger partial charge in [-0.1, -0.05) is 48.6 Å². The van der Waals surface area contributed by atoms with Crippen molar-refractivity contribution in [2.75, 3.05) is 0 Å². The summed E-state index contributed by atoms with van der Waals surface area (Å²) in [4.78, 5) is 4.21. The molecule has 0 unspecified atom stereocenters. The molecule has 0 aliphatic carbocycles. The molecule has 0 fully saturated rings. The predicted molar refractivity (Wildman–Crippen MR) is 82.3 cm³/mol. The molecule has 0 spiro atoms. The number of aromatic nitrogens is 2. The van der Waals surface area contributed by atoms with Crippen LogP contribution in [0.2, 0.25) is 0 Å². The molecule has 5 nitrogen and oxygen atoms in total. The van der Waals surface area contributed by atoms with Crippen LogP contribution in [0.15, 0.2) is 45.8 Å². The number of hydrogen-bond acceptors (Lipinski definition) is 6. The van der Waals surface area contributed by atoms with E-state index in [-0.39, 0.29) is 5.95 Å². The van der Waals surface area contributed by atoms with Crippen LogP contribution in [0.5, 0.6) is 5.95 Å². The van der Waals surface area contributed by atoms with Crippen molar-refractivity contribution >= 4 is 22.7 Å².